The minimum Gasteiger partial charge on any atom is -0.462 e. The van der Waals surface area contributed by atoms with E-state index in [2.05, 4.69) is 5.10 Å². The van der Waals surface area contributed by atoms with Crippen molar-refractivity contribution in [2.24, 2.45) is 0 Å². The van der Waals surface area contributed by atoms with E-state index in [0.717, 1.165) is 0 Å². The number of carbonyl (C=O) groups excluding carboxylic acids is 1. The van der Waals surface area contributed by atoms with Crippen LogP contribution in [-0.2, 0) is 4.74 Å². The normalized spacial score (nSPS) is 10.8. The first kappa shape index (κ1) is 11.7. The molecule has 2 aromatic heterocycles. The lowest BCUT2D eigenvalue weighted by Crippen LogP contribution is -2.06. The summed E-state index contributed by atoms with van der Waals surface area (Å²) in [6, 6.07) is 1.64. The van der Waals surface area contributed by atoms with Crippen molar-refractivity contribution in [2.75, 3.05) is 12.3 Å². The molecule has 0 fully saturated rings. The van der Waals surface area contributed by atoms with Crippen molar-refractivity contribution in [1.29, 1.82) is 0 Å². The highest BCUT2D eigenvalue weighted by Crippen LogP contribution is 2.28. The van der Waals surface area contributed by atoms with Crippen molar-refractivity contribution >= 4 is 28.8 Å². The first-order valence-corrected chi connectivity index (χ1v) is 5.54. The van der Waals surface area contributed by atoms with E-state index < -0.39 is 5.97 Å². The van der Waals surface area contributed by atoms with Gasteiger partial charge in [0, 0.05) is 6.20 Å². The number of aromatic nitrogens is 2. The van der Waals surface area contributed by atoms with Crippen LogP contribution in [-0.4, -0.2) is 22.2 Å². The van der Waals surface area contributed by atoms with Crippen LogP contribution in [0.2, 0.25) is 5.02 Å². The molecule has 0 atom stereocenters. The Bertz CT molecular complexity index is 592. The van der Waals surface area contributed by atoms with E-state index in [0.29, 0.717) is 34.1 Å². The SMILES string of the molecule is CCOC(=O)c1c(C)nn2ccc(N)c(Cl)c12. The summed E-state index contributed by atoms with van der Waals surface area (Å²) in [5, 5.41) is 4.51. The van der Waals surface area contributed by atoms with Gasteiger partial charge in [-0.15, -0.1) is 0 Å². The largest absolute Gasteiger partial charge is 0.462 e. The molecule has 0 aromatic carbocycles. The molecule has 0 radical (unpaired) electrons. The number of anilines is 1. The summed E-state index contributed by atoms with van der Waals surface area (Å²) in [6.07, 6.45) is 1.66. The molecule has 0 aliphatic rings. The lowest BCUT2D eigenvalue weighted by atomic mass is 10.2. The van der Waals surface area contributed by atoms with Gasteiger partial charge in [-0.2, -0.15) is 5.10 Å². The second kappa shape index (κ2) is 4.25. The number of hydrogen-bond donors (Lipinski definition) is 1. The molecule has 2 heterocycles. The van der Waals surface area contributed by atoms with Gasteiger partial charge in [-0.05, 0) is 19.9 Å². The molecule has 0 saturated carbocycles. The number of nitrogen functional groups attached to an aromatic ring is 1. The minimum absolute atomic E-state index is 0.301. The summed E-state index contributed by atoms with van der Waals surface area (Å²) in [6.45, 7) is 3.77. The quantitative estimate of drug-likeness (QED) is 0.832. The zero-order chi connectivity index (χ0) is 12.6. The summed E-state index contributed by atoms with van der Waals surface area (Å²) >= 11 is 6.10. The number of rotatable bonds is 2. The maximum atomic E-state index is 11.8. The Labute approximate surface area is 103 Å². The number of hydrogen-bond acceptors (Lipinski definition) is 4. The van der Waals surface area contributed by atoms with Crippen LogP contribution in [0.15, 0.2) is 12.3 Å². The van der Waals surface area contributed by atoms with Crippen LogP contribution in [0, 0.1) is 6.92 Å². The molecule has 90 valence electrons. The first-order valence-electron chi connectivity index (χ1n) is 5.16. The van der Waals surface area contributed by atoms with Gasteiger partial charge >= 0.3 is 5.97 Å². The maximum absolute atomic E-state index is 11.8. The molecular weight excluding hydrogens is 242 g/mol. The second-order valence-electron chi connectivity index (χ2n) is 3.56. The zero-order valence-corrected chi connectivity index (χ0v) is 10.3. The lowest BCUT2D eigenvalue weighted by Gasteiger charge is -2.03. The average molecular weight is 254 g/mol. The fraction of sp³-hybridized carbons (Fsp3) is 0.273. The summed E-state index contributed by atoms with van der Waals surface area (Å²) in [5.74, 6) is -0.437. The van der Waals surface area contributed by atoms with Crippen LogP contribution in [0.25, 0.3) is 5.52 Å². The van der Waals surface area contributed by atoms with Crippen molar-refractivity contribution in [2.45, 2.75) is 13.8 Å². The van der Waals surface area contributed by atoms with Crippen molar-refractivity contribution in [1.82, 2.24) is 9.61 Å². The van der Waals surface area contributed by atoms with Crippen LogP contribution in [0.3, 0.4) is 0 Å². The summed E-state index contributed by atoms with van der Waals surface area (Å²) in [7, 11) is 0. The van der Waals surface area contributed by atoms with E-state index in [9.17, 15) is 4.79 Å². The lowest BCUT2D eigenvalue weighted by molar-refractivity contribution is 0.0528. The zero-order valence-electron chi connectivity index (χ0n) is 9.53. The molecule has 17 heavy (non-hydrogen) atoms. The van der Waals surface area contributed by atoms with Gasteiger partial charge in [-0.25, -0.2) is 9.31 Å². The van der Waals surface area contributed by atoms with Crippen molar-refractivity contribution < 1.29 is 9.53 Å². The summed E-state index contributed by atoms with van der Waals surface area (Å²) < 4.78 is 6.51. The Morgan fingerprint density at radius 3 is 3.00 bits per heavy atom. The molecule has 0 saturated heterocycles. The van der Waals surface area contributed by atoms with Crippen LogP contribution < -0.4 is 5.73 Å². The molecule has 6 heteroatoms. The van der Waals surface area contributed by atoms with Gasteiger partial charge in [0.2, 0.25) is 0 Å². The number of esters is 1. The van der Waals surface area contributed by atoms with E-state index in [1.807, 2.05) is 0 Å². The highest BCUT2D eigenvalue weighted by Gasteiger charge is 2.21. The Kier molecular flexibility index (Phi) is 2.93. The number of nitrogens with zero attached hydrogens (tertiary/aromatic N) is 2. The number of pyridine rings is 1. The Morgan fingerprint density at radius 1 is 1.65 bits per heavy atom. The van der Waals surface area contributed by atoms with Crippen LogP contribution in [0.4, 0.5) is 5.69 Å². The predicted octanol–water partition coefficient (Wildman–Crippen LogP) is 2.06. The van der Waals surface area contributed by atoms with E-state index in [-0.39, 0.29) is 0 Å². The van der Waals surface area contributed by atoms with Crippen molar-refractivity contribution in [3.05, 3.63) is 28.5 Å². The third kappa shape index (κ3) is 1.82. The van der Waals surface area contributed by atoms with Crippen molar-refractivity contribution in [3.8, 4) is 0 Å². The highest BCUT2D eigenvalue weighted by molar-refractivity contribution is 6.37. The molecular formula is C11H12ClN3O2. The van der Waals surface area contributed by atoms with Gasteiger partial charge in [0.05, 0.1) is 23.0 Å². The molecule has 0 aliphatic carbocycles. The van der Waals surface area contributed by atoms with Gasteiger partial charge in [-0.3, -0.25) is 0 Å². The Morgan fingerprint density at radius 2 is 2.35 bits per heavy atom. The van der Waals surface area contributed by atoms with E-state index in [1.54, 1.807) is 26.1 Å². The fourth-order valence-electron chi connectivity index (χ4n) is 1.67. The second-order valence-corrected chi connectivity index (χ2v) is 3.94. The smallest absolute Gasteiger partial charge is 0.342 e. The average Bonchev–Trinajstić information content (AvgIpc) is 2.61. The van der Waals surface area contributed by atoms with Gasteiger partial charge in [0.25, 0.3) is 0 Å². The predicted molar refractivity (Wildman–Crippen MR) is 65.3 cm³/mol. The highest BCUT2D eigenvalue weighted by atomic mass is 35.5. The van der Waals surface area contributed by atoms with E-state index >= 15 is 0 Å². The number of nitrogens with two attached hydrogens (primary N) is 1. The molecule has 0 amide bonds. The molecule has 0 unspecified atom stereocenters. The Hall–Kier alpha value is -1.75. The van der Waals surface area contributed by atoms with Crippen LogP contribution >= 0.6 is 11.6 Å². The molecule has 2 N–H and O–H groups in total. The number of halogens is 1. The maximum Gasteiger partial charge on any atom is 0.342 e. The summed E-state index contributed by atoms with van der Waals surface area (Å²) in [4.78, 5) is 11.8. The number of aryl methyl sites for hydroxylation is 1. The van der Waals surface area contributed by atoms with Gasteiger partial charge in [0.1, 0.15) is 11.1 Å². The van der Waals surface area contributed by atoms with Crippen LogP contribution in [0.5, 0.6) is 0 Å². The van der Waals surface area contributed by atoms with E-state index in [1.165, 1.54) is 4.52 Å². The molecule has 5 nitrogen and oxygen atoms in total. The number of carbonyl (C=O) groups is 1. The third-order valence-electron chi connectivity index (χ3n) is 2.42. The monoisotopic (exact) mass is 253 g/mol. The Balaban J connectivity index is 2.73. The topological polar surface area (TPSA) is 69.6 Å². The minimum atomic E-state index is -0.437. The van der Waals surface area contributed by atoms with Crippen LogP contribution in [0.1, 0.15) is 23.0 Å². The third-order valence-corrected chi connectivity index (χ3v) is 2.82. The summed E-state index contributed by atoms with van der Waals surface area (Å²) in [5.41, 5.74) is 7.54. The van der Waals surface area contributed by atoms with Gasteiger partial charge in [-0.1, -0.05) is 11.6 Å². The number of fused-ring (bicyclic) bond motifs is 1. The molecule has 2 rings (SSSR count). The van der Waals surface area contributed by atoms with E-state index in [4.69, 9.17) is 22.1 Å². The molecule has 0 aliphatic heterocycles. The number of ether oxygens (including phenoxy) is 1. The molecule has 0 spiro atoms. The fourth-order valence-corrected chi connectivity index (χ4v) is 1.92. The van der Waals surface area contributed by atoms with Crippen molar-refractivity contribution in [3.63, 3.8) is 0 Å². The van der Waals surface area contributed by atoms with Gasteiger partial charge < -0.3 is 10.5 Å². The standard InChI is InChI=1S/C11H12ClN3O2/c1-3-17-11(16)8-6(2)14-15-5-4-7(13)9(12)10(8)15/h4-5H,3,13H2,1-2H3. The molecule has 0 bridgehead atoms. The first-order chi connectivity index (χ1) is 8.06. The molecule has 2 aromatic rings. The van der Waals surface area contributed by atoms with Gasteiger partial charge in [0.15, 0.2) is 0 Å².